The number of aromatic amines is 1. The number of nitrogens with zero attached hydrogens (tertiary/aromatic N) is 2. The number of hydrogen-bond acceptors (Lipinski definition) is 5. The lowest BCUT2D eigenvalue weighted by Crippen LogP contribution is -2.25. The number of furan rings is 2. The van der Waals surface area contributed by atoms with E-state index in [0.29, 0.717) is 36.4 Å². The zero-order valence-corrected chi connectivity index (χ0v) is 13.5. The first-order chi connectivity index (χ1) is 12.3. The molecule has 4 rings (SSSR count). The number of H-pyrrole nitrogens is 1. The second-order valence-electron chi connectivity index (χ2n) is 5.83. The summed E-state index contributed by atoms with van der Waals surface area (Å²) in [7, 11) is 0. The molecular weight excluding hydrogens is 318 g/mol. The molecule has 0 aliphatic heterocycles. The average molecular weight is 335 g/mol. The van der Waals surface area contributed by atoms with Gasteiger partial charge in [-0.05, 0) is 36.4 Å². The zero-order chi connectivity index (χ0) is 17.1. The van der Waals surface area contributed by atoms with E-state index in [1.54, 1.807) is 18.6 Å². The Balaban J connectivity index is 1.62. The van der Waals surface area contributed by atoms with Crippen LogP contribution >= 0.6 is 0 Å². The Labute approximate surface area is 143 Å². The molecule has 6 heteroatoms. The van der Waals surface area contributed by atoms with Gasteiger partial charge in [0.05, 0.1) is 43.1 Å². The topological polar surface area (TPSA) is 75.3 Å². The Morgan fingerprint density at radius 1 is 0.880 bits per heavy atom. The van der Waals surface area contributed by atoms with Crippen molar-refractivity contribution >= 4 is 10.9 Å². The molecule has 6 nitrogen and oxygen atoms in total. The van der Waals surface area contributed by atoms with Gasteiger partial charge in [0.2, 0.25) is 0 Å². The third kappa shape index (κ3) is 3.54. The van der Waals surface area contributed by atoms with Gasteiger partial charge in [0, 0.05) is 0 Å². The van der Waals surface area contributed by atoms with Gasteiger partial charge in [0.15, 0.2) is 0 Å². The van der Waals surface area contributed by atoms with Crippen molar-refractivity contribution in [3.8, 4) is 0 Å². The van der Waals surface area contributed by atoms with Crippen LogP contribution in [-0.4, -0.2) is 14.9 Å². The minimum Gasteiger partial charge on any atom is -0.468 e. The molecular formula is C19H17N3O3. The van der Waals surface area contributed by atoms with Crippen molar-refractivity contribution in [3.63, 3.8) is 0 Å². The van der Waals surface area contributed by atoms with Crippen LogP contribution in [0.5, 0.6) is 0 Å². The Kier molecular flexibility index (Phi) is 4.18. The summed E-state index contributed by atoms with van der Waals surface area (Å²) in [6.45, 7) is 1.65. The molecule has 4 aromatic rings. The lowest BCUT2D eigenvalue weighted by molar-refractivity contribution is 0.205. The van der Waals surface area contributed by atoms with Gasteiger partial charge in [-0.25, -0.2) is 4.98 Å². The van der Waals surface area contributed by atoms with Gasteiger partial charge in [-0.2, -0.15) is 0 Å². The lowest BCUT2D eigenvalue weighted by Gasteiger charge is -2.19. The standard InChI is InChI=1S/C19H17N3O3/c23-19-16-7-1-2-8-17(16)20-18(21-19)13-22(11-14-5-3-9-24-14)12-15-6-4-10-25-15/h1-10H,11-13H2,(H,20,21,23). The predicted octanol–water partition coefficient (Wildman–Crippen LogP) is 3.31. The molecule has 126 valence electrons. The SMILES string of the molecule is O=c1[nH]c(CN(Cc2ccco2)Cc2ccco2)nc2ccccc12. The molecule has 1 aromatic carbocycles. The third-order valence-electron chi connectivity index (χ3n) is 3.95. The minimum absolute atomic E-state index is 0.128. The summed E-state index contributed by atoms with van der Waals surface area (Å²) in [5.41, 5.74) is 0.564. The van der Waals surface area contributed by atoms with Gasteiger partial charge in [-0.1, -0.05) is 12.1 Å². The van der Waals surface area contributed by atoms with Crippen molar-refractivity contribution in [3.05, 3.63) is 88.8 Å². The molecule has 0 aliphatic carbocycles. The molecule has 0 saturated heterocycles. The van der Waals surface area contributed by atoms with Crippen LogP contribution in [0.3, 0.4) is 0 Å². The summed E-state index contributed by atoms with van der Waals surface area (Å²) >= 11 is 0. The van der Waals surface area contributed by atoms with Crippen molar-refractivity contribution in [2.75, 3.05) is 0 Å². The summed E-state index contributed by atoms with van der Waals surface area (Å²) in [5.74, 6) is 2.30. The van der Waals surface area contributed by atoms with E-state index in [2.05, 4.69) is 14.9 Å². The van der Waals surface area contributed by atoms with Crippen LogP contribution in [0.15, 0.2) is 74.7 Å². The molecule has 0 bridgehead atoms. The van der Waals surface area contributed by atoms with E-state index in [1.165, 1.54) is 0 Å². The third-order valence-corrected chi connectivity index (χ3v) is 3.95. The molecule has 25 heavy (non-hydrogen) atoms. The van der Waals surface area contributed by atoms with Gasteiger partial charge in [-0.15, -0.1) is 0 Å². The second kappa shape index (κ2) is 6.78. The lowest BCUT2D eigenvalue weighted by atomic mass is 10.2. The number of rotatable bonds is 6. The van der Waals surface area contributed by atoms with Crippen molar-refractivity contribution in [2.45, 2.75) is 19.6 Å². The average Bonchev–Trinajstić information content (AvgIpc) is 3.29. The maximum absolute atomic E-state index is 12.3. The Hall–Kier alpha value is -3.12. The molecule has 0 fully saturated rings. The monoisotopic (exact) mass is 335 g/mol. The number of para-hydroxylation sites is 1. The number of hydrogen-bond donors (Lipinski definition) is 1. The van der Waals surface area contributed by atoms with Crippen molar-refractivity contribution in [1.29, 1.82) is 0 Å². The fourth-order valence-electron chi connectivity index (χ4n) is 2.84. The molecule has 0 amide bonds. The van der Waals surface area contributed by atoms with Crippen molar-refractivity contribution in [1.82, 2.24) is 14.9 Å². The van der Waals surface area contributed by atoms with E-state index in [4.69, 9.17) is 8.83 Å². The Morgan fingerprint density at radius 3 is 2.20 bits per heavy atom. The Bertz CT molecular complexity index is 968. The minimum atomic E-state index is -0.128. The van der Waals surface area contributed by atoms with Gasteiger partial charge in [-0.3, -0.25) is 9.69 Å². The Morgan fingerprint density at radius 2 is 1.56 bits per heavy atom. The van der Waals surface area contributed by atoms with Gasteiger partial charge >= 0.3 is 0 Å². The number of benzene rings is 1. The maximum Gasteiger partial charge on any atom is 0.258 e. The normalized spacial score (nSPS) is 11.4. The highest BCUT2D eigenvalue weighted by Crippen LogP contribution is 2.14. The molecule has 0 spiro atoms. The molecule has 0 saturated carbocycles. The van der Waals surface area contributed by atoms with E-state index >= 15 is 0 Å². The van der Waals surface area contributed by atoms with Gasteiger partial charge in [0.1, 0.15) is 17.3 Å². The van der Waals surface area contributed by atoms with E-state index in [9.17, 15) is 4.79 Å². The molecule has 0 unspecified atom stereocenters. The first-order valence-electron chi connectivity index (χ1n) is 8.03. The summed E-state index contributed by atoms with van der Waals surface area (Å²) < 4.78 is 10.9. The van der Waals surface area contributed by atoms with E-state index in [-0.39, 0.29) is 5.56 Å². The van der Waals surface area contributed by atoms with Crippen LogP contribution in [-0.2, 0) is 19.6 Å². The highest BCUT2D eigenvalue weighted by molar-refractivity contribution is 5.77. The van der Waals surface area contributed by atoms with Crippen LogP contribution in [0.1, 0.15) is 17.3 Å². The zero-order valence-electron chi connectivity index (χ0n) is 13.5. The molecule has 0 radical (unpaired) electrons. The predicted molar refractivity (Wildman–Crippen MR) is 92.7 cm³/mol. The van der Waals surface area contributed by atoms with Crippen LogP contribution in [0.25, 0.3) is 10.9 Å². The van der Waals surface area contributed by atoms with Crippen LogP contribution < -0.4 is 5.56 Å². The fourth-order valence-corrected chi connectivity index (χ4v) is 2.84. The fraction of sp³-hybridized carbons (Fsp3) is 0.158. The summed E-state index contributed by atoms with van der Waals surface area (Å²) in [5, 5.41) is 0.592. The van der Waals surface area contributed by atoms with Gasteiger partial charge < -0.3 is 13.8 Å². The van der Waals surface area contributed by atoms with Crippen LogP contribution in [0.4, 0.5) is 0 Å². The largest absolute Gasteiger partial charge is 0.468 e. The molecule has 3 aromatic heterocycles. The van der Waals surface area contributed by atoms with Gasteiger partial charge in [0.25, 0.3) is 5.56 Å². The summed E-state index contributed by atoms with van der Waals surface area (Å²) in [4.78, 5) is 21.8. The first kappa shape index (κ1) is 15.4. The summed E-state index contributed by atoms with van der Waals surface area (Å²) in [6, 6.07) is 14.9. The molecule has 3 heterocycles. The number of aromatic nitrogens is 2. The van der Waals surface area contributed by atoms with E-state index in [0.717, 1.165) is 11.5 Å². The highest BCUT2D eigenvalue weighted by atomic mass is 16.3. The first-order valence-corrected chi connectivity index (χ1v) is 8.03. The quantitative estimate of drug-likeness (QED) is 0.585. The van der Waals surface area contributed by atoms with Crippen LogP contribution in [0.2, 0.25) is 0 Å². The van der Waals surface area contributed by atoms with Crippen molar-refractivity contribution in [2.24, 2.45) is 0 Å². The van der Waals surface area contributed by atoms with Crippen LogP contribution in [0, 0.1) is 0 Å². The van der Waals surface area contributed by atoms with Crippen molar-refractivity contribution < 1.29 is 8.83 Å². The molecule has 0 aliphatic rings. The van der Waals surface area contributed by atoms with E-state index < -0.39 is 0 Å². The van der Waals surface area contributed by atoms with E-state index in [1.807, 2.05) is 42.5 Å². The highest BCUT2D eigenvalue weighted by Gasteiger charge is 2.13. The molecule has 1 N–H and O–H groups in total. The molecule has 0 atom stereocenters. The second-order valence-corrected chi connectivity index (χ2v) is 5.83. The number of fused-ring (bicyclic) bond motifs is 1. The smallest absolute Gasteiger partial charge is 0.258 e. The maximum atomic E-state index is 12.3. The summed E-state index contributed by atoms with van der Waals surface area (Å²) in [6.07, 6.45) is 3.30. The number of nitrogens with one attached hydrogen (secondary N) is 1.